The maximum absolute atomic E-state index is 12.7. The Morgan fingerprint density at radius 2 is 2.08 bits per heavy atom. The van der Waals surface area contributed by atoms with E-state index in [1.165, 1.54) is 0 Å². The van der Waals surface area contributed by atoms with Crippen molar-refractivity contribution in [1.29, 1.82) is 0 Å². The molecule has 7 heteroatoms. The molecule has 0 bridgehead atoms. The van der Waals surface area contributed by atoms with Crippen molar-refractivity contribution in [3.63, 3.8) is 0 Å². The summed E-state index contributed by atoms with van der Waals surface area (Å²) in [6.07, 6.45) is 1.65. The van der Waals surface area contributed by atoms with Crippen LogP contribution < -0.4 is 5.32 Å². The summed E-state index contributed by atoms with van der Waals surface area (Å²) in [7, 11) is 0. The number of carbonyl (C=O) groups excluding carboxylic acids is 1. The second kappa shape index (κ2) is 6.65. The molecule has 0 saturated heterocycles. The molecule has 3 rings (SSSR count). The SMILES string of the molecule is Cc1onc(-c2ccccc2Cl)c1C(=O)N[C@H]1CC[C@@H](C(=O)O)C1. The lowest BCUT2D eigenvalue weighted by Gasteiger charge is -2.12. The van der Waals surface area contributed by atoms with Gasteiger partial charge in [0.1, 0.15) is 17.0 Å². The van der Waals surface area contributed by atoms with E-state index in [1.807, 2.05) is 0 Å². The average Bonchev–Trinajstić information content (AvgIpc) is 3.14. The smallest absolute Gasteiger partial charge is 0.306 e. The number of nitrogens with one attached hydrogen (secondary N) is 1. The highest BCUT2D eigenvalue weighted by Crippen LogP contribution is 2.32. The van der Waals surface area contributed by atoms with Gasteiger partial charge in [-0.25, -0.2) is 0 Å². The predicted molar refractivity (Wildman–Crippen MR) is 87.9 cm³/mol. The zero-order chi connectivity index (χ0) is 17.3. The van der Waals surface area contributed by atoms with Gasteiger partial charge in [-0.3, -0.25) is 9.59 Å². The van der Waals surface area contributed by atoms with Crippen LogP contribution in [0.3, 0.4) is 0 Å². The van der Waals surface area contributed by atoms with E-state index >= 15 is 0 Å². The number of aliphatic carboxylic acids is 1. The Morgan fingerprint density at radius 1 is 1.33 bits per heavy atom. The van der Waals surface area contributed by atoms with Crippen LogP contribution in [0.15, 0.2) is 28.8 Å². The molecule has 2 N–H and O–H groups in total. The Kier molecular flexibility index (Phi) is 4.57. The highest BCUT2D eigenvalue weighted by molar-refractivity contribution is 6.33. The van der Waals surface area contributed by atoms with Crippen LogP contribution in [-0.4, -0.2) is 28.2 Å². The Balaban J connectivity index is 1.83. The second-order valence-corrected chi connectivity index (χ2v) is 6.37. The first-order valence-electron chi connectivity index (χ1n) is 7.72. The van der Waals surface area contributed by atoms with Crippen molar-refractivity contribution in [2.75, 3.05) is 0 Å². The summed E-state index contributed by atoms with van der Waals surface area (Å²) in [6, 6.07) is 6.93. The summed E-state index contributed by atoms with van der Waals surface area (Å²) >= 11 is 6.19. The summed E-state index contributed by atoms with van der Waals surface area (Å²) in [5.74, 6) is -1.14. The number of aromatic nitrogens is 1. The number of amides is 1. The number of nitrogens with zero attached hydrogens (tertiary/aromatic N) is 1. The van der Waals surface area contributed by atoms with Crippen LogP contribution in [-0.2, 0) is 4.79 Å². The summed E-state index contributed by atoms with van der Waals surface area (Å²) in [5.41, 5.74) is 1.35. The van der Waals surface area contributed by atoms with E-state index in [9.17, 15) is 9.59 Å². The number of benzene rings is 1. The van der Waals surface area contributed by atoms with E-state index in [0.29, 0.717) is 46.9 Å². The molecule has 0 spiro atoms. The Bertz CT molecular complexity index is 787. The fourth-order valence-corrected chi connectivity index (χ4v) is 3.30. The van der Waals surface area contributed by atoms with Gasteiger partial charge < -0.3 is 14.9 Å². The van der Waals surface area contributed by atoms with Gasteiger partial charge in [-0.1, -0.05) is 35.0 Å². The molecular weight excluding hydrogens is 332 g/mol. The van der Waals surface area contributed by atoms with Gasteiger partial charge in [0.25, 0.3) is 5.91 Å². The molecule has 24 heavy (non-hydrogen) atoms. The Morgan fingerprint density at radius 3 is 2.75 bits per heavy atom. The molecule has 1 amide bonds. The van der Waals surface area contributed by atoms with Crippen LogP contribution in [0.25, 0.3) is 11.3 Å². The molecule has 1 aromatic carbocycles. The van der Waals surface area contributed by atoms with Crippen LogP contribution in [0, 0.1) is 12.8 Å². The topological polar surface area (TPSA) is 92.4 Å². The van der Waals surface area contributed by atoms with Gasteiger partial charge in [-0.05, 0) is 32.3 Å². The van der Waals surface area contributed by atoms with Crippen molar-refractivity contribution >= 4 is 23.5 Å². The van der Waals surface area contributed by atoms with Crippen molar-refractivity contribution in [2.24, 2.45) is 5.92 Å². The lowest BCUT2D eigenvalue weighted by Crippen LogP contribution is -2.33. The van der Waals surface area contributed by atoms with Gasteiger partial charge in [0.05, 0.1) is 10.9 Å². The molecule has 1 saturated carbocycles. The zero-order valence-corrected chi connectivity index (χ0v) is 13.8. The number of rotatable bonds is 4. The molecule has 1 aliphatic rings. The third-order valence-corrected chi connectivity index (χ3v) is 4.67. The average molecular weight is 349 g/mol. The monoisotopic (exact) mass is 348 g/mol. The number of aryl methyl sites for hydroxylation is 1. The molecule has 2 atom stereocenters. The minimum Gasteiger partial charge on any atom is -0.481 e. The molecule has 126 valence electrons. The molecule has 0 aliphatic heterocycles. The van der Waals surface area contributed by atoms with E-state index < -0.39 is 11.9 Å². The van der Waals surface area contributed by atoms with Gasteiger partial charge >= 0.3 is 5.97 Å². The number of carboxylic acid groups (broad SMARTS) is 1. The van der Waals surface area contributed by atoms with Gasteiger partial charge in [0, 0.05) is 11.6 Å². The maximum Gasteiger partial charge on any atom is 0.306 e. The van der Waals surface area contributed by atoms with E-state index in [4.69, 9.17) is 21.2 Å². The van der Waals surface area contributed by atoms with Crippen molar-refractivity contribution in [2.45, 2.75) is 32.2 Å². The normalized spacial score (nSPS) is 20.1. The molecule has 2 aromatic rings. The standard InChI is InChI=1S/C17H17ClN2O4/c1-9-14(15(20-24-9)12-4-2-3-5-13(12)18)16(21)19-11-7-6-10(8-11)17(22)23/h2-5,10-11H,6-8H2,1H3,(H,19,21)(H,22,23)/t10-,11+/m1/s1. The minimum absolute atomic E-state index is 0.160. The van der Waals surface area contributed by atoms with Crippen LogP contribution in [0.5, 0.6) is 0 Å². The molecule has 1 aliphatic carbocycles. The lowest BCUT2D eigenvalue weighted by atomic mass is 10.0. The minimum atomic E-state index is -0.815. The molecule has 1 heterocycles. The fourth-order valence-electron chi connectivity index (χ4n) is 3.07. The zero-order valence-electron chi connectivity index (χ0n) is 13.1. The first kappa shape index (κ1) is 16.5. The highest BCUT2D eigenvalue weighted by atomic mass is 35.5. The summed E-state index contributed by atoms with van der Waals surface area (Å²) in [6.45, 7) is 1.66. The van der Waals surface area contributed by atoms with E-state index in [2.05, 4.69) is 10.5 Å². The van der Waals surface area contributed by atoms with Gasteiger partial charge in [0.15, 0.2) is 0 Å². The molecular formula is C17H17ClN2O4. The summed E-state index contributed by atoms with van der Waals surface area (Å²) < 4.78 is 5.19. The number of hydrogen-bond acceptors (Lipinski definition) is 4. The number of halogens is 1. The molecule has 0 unspecified atom stereocenters. The highest BCUT2D eigenvalue weighted by Gasteiger charge is 2.32. The summed E-state index contributed by atoms with van der Waals surface area (Å²) in [4.78, 5) is 23.7. The summed E-state index contributed by atoms with van der Waals surface area (Å²) in [5, 5.41) is 16.4. The van der Waals surface area contributed by atoms with E-state index in [-0.39, 0.29) is 11.9 Å². The van der Waals surface area contributed by atoms with Gasteiger partial charge in [-0.2, -0.15) is 0 Å². The predicted octanol–water partition coefficient (Wildman–Crippen LogP) is 3.29. The van der Waals surface area contributed by atoms with Crippen molar-refractivity contribution in [1.82, 2.24) is 10.5 Å². The molecule has 1 fully saturated rings. The third-order valence-electron chi connectivity index (χ3n) is 4.34. The van der Waals surface area contributed by atoms with Crippen LogP contribution in [0.1, 0.15) is 35.4 Å². The quantitative estimate of drug-likeness (QED) is 0.884. The molecule has 0 radical (unpaired) electrons. The Hall–Kier alpha value is -2.34. The third kappa shape index (κ3) is 3.14. The first-order chi connectivity index (χ1) is 11.5. The number of carbonyl (C=O) groups is 2. The first-order valence-corrected chi connectivity index (χ1v) is 8.10. The van der Waals surface area contributed by atoms with E-state index in [0.717, 1.165) is 0 Å². The molecule has 6 nitrogen and oxygen atoms in total. The van der Waals surface area contributed by atoms with Crippen LogP contribution in [0.4, 0.5) is 0 Å². The second-order valence-electron chi connectivity index (χ2n) is 5.96. The van der Waals surface area contributed by atoms with Gasteiger partial charge in [0.2, 0.25) is 0 Å². The maximum atomic E-state index is 12.7. The molecule has 1 aromatic heterocycles. The number of hydrogen-bond donors (Lipinski definition) is 2. The van der Waals surface area contributed by atoms with Crippen LogP contribution in [0.2, 0.25) is 5.02 Å². The largest absolute Gasteiger partial charge is 0.481 e. The van der Waals surface area contributed by atoms with Gasteiger partial charge in [-0.15, -0.1) is 0 Å². The van der Waals surface area contributed by atoms with E-state index in [1.54, 1.807) is 31.2 Å². The fraction of sp³-hybridized carbons (Fsp3) is 0.353. The van der Waals surface area contributed by atoms with Crippen molar-refractivity contribution < 1.29 is 19.2 Å². The van der Waals surface area contributed by atoms with Crippen molar-refractivity contribution in [3.05, 3.63) is 40.6 Å². The lowest BCUT2D eigenvalue weighted by molar-refractivity contribution is -0.141. The Labute approximate surface area is 143 Å². The van der Waals surface area contributed by atoms with Crippen molar-refractivity contribution in [3.8, 4) is 11.3 Å². The number of carboxylic acids is 1. The van der Waals surface area contributed by atoms with Crippen LogP contribution >= 0.6 is 11.6 Å².